The number of aromatic nitrogens is 1. The van der Waals surface area contributed by atoms with Gasteiger partial charge in [0.2, 0.25) is 6.79 Å². The molecule has 3 aromatic rings. The fourth-order valence-corrected chi connectivity index (χ4v) is 3.86. The Bertz CT molecular complexity index is 1030. The number of H-pyrrole nitrogens is 1. The number of aromatic amines is 1. The number of carbonyl (C=O) groups excluding carboxylic acids is 1. The van der Waals surface area contributed by atoms with Crippen LogP contribution in [0, 0.1) is 5.82 Å². The first kappa shape index (κ1) is 15.3. The van der Waals surface area contributed by atoms with Crippen LogP contribution < -0.4 is 14.8 Å². The number of hydrogen-bond donors (Lipinski definition) is 2. The highest BCUT2D eigenvalue weighted by atomic mass is 19.1. The van der Waals surface area contributed by atoms with Gasteiger partial charge in [-0.25, -0.2) is 4.39 Å². The minimum atomic E-state index is -0.245. The second kappa shape index (κ2) is 5.76. The summed E-state index contributed by atoms with van der Waals surface area (Å²) in [6.07, 6.45) is 2.68. The van der Waals surface area contributed by atoms with Crippen molar-refractivity contribution in [1.29, 1.82) is 0 Å². The first-order chi connectivity index (χ1) is 12.7. The van der Waals surface area contributed by atoms with Crippen molar-refractivity contribution in [3.63, 3.8) is 0 Å². The maximum absolute atomic E-state index is 13.6. The SMILES string of the molecule is O=C(N[C@H]1CCCc2c1[nH]c1ccc(F)cc21)c1ccc2c(c1)OCO2. The lowest BCUT2D eigenvalue weighted by molar-refractivity contribution is 0.0931. The summed E-state index contributed by atoms with van der Waals surface area (Å²) in [6, 6.07) is 9.81. The third-order valence-corrected chi connectivity index (χ3v) is 5.11. The molecule has 132 valence electrons. The van der Waals surface area contributed by atoms with Gasteiger partial charge in [-0.2, -0.15) is 0 Å². The summed E-state index contributed by atoms with van der Waals surface area (Å²) in [5.41, 5.74) is 3.51. The fourth-order valence-electron chi connectivity index (χ4n) is 3.86. The highest BCUT2D eigenvalue weighted by Crippen LogP contribution is 2.36. The average molecular weight is 352 g/mol. The predicted molar refractivity (Wildman–Crippen MR) is 94.0 cm³/mol. The number of fused-ring (bicyclic) bond motifs is 4. The van der Waals surface area contributed by atoms with E-state index in [-0.39, 0.29) is 24.6 Å². The van der Waals surface area contributed by atoms with Crippen molar-refractivity contribution in [1.82, 2.24) is 10.3 Å². The highest BCUT2D eigenvalue weighted by molar-refractivity contribution is 5.95. The number of amides is 1. The van der Waals surface area contributed by atoms with Crippen LogP contribution in [-0.2, 0) is 6.42 Å². The van der Waals surface area contributed by atoms with Crippen LogP contribution in [0.2, 0.25) is 0 Å². The van der Waals surface area contributed by atoms with Crippen LogP contribution in [0.25, 0.3) is 10.9 Å². The molecule has 2 aliphatic rings. The van der Waals surface area contributed by atoms with Crippen molar-refractivity contribution >= 4 is 16.8 Å². The molecule has 0 unspecified atom stereocenters. The van der Waals surface area contributed by atoms with Crippen LogP contribution in [0.1, 0.15) is 40.5 Å². The lowest BCUT2D eigenvalue weighted by Crippen LogP contribution is -2.31. The van der Waals surface area contributed by atoms with Crippen LogP contribution in [0.15, 0.2) is 36.4 Å². The van der Waals surface area contributed by atoms with Gasteiger partial charge in [0.1, 0.15) is 5.82 Å². The normalized spacial score (nSPS) is 18.0. The molecule has 0 bridgehead atoms. The van der Waals surface area contributed by atoms with E-state index in [2.05, 4.69) is 10.3 Å². The molecule has 5 rings (SSSR count). The summed E-state index contributed by atoms with van der Waals surface area (Å²) in [5, 5.41) is 4.00. The molecule has 0 radical (unpaired) electrons. The Labute approximate surface area is 149 Å². The van der Waals surface area contributed by atoms with Gasteiger partial charge < -0.3 is 19.8 Å². The largest absolute Gasteiger partial charge is 0.454 e. The summed E-state index contributed by atoms with van der Waals surface area (Å²) in [6.45, 7) is 0.179. The Hall–Kier alpha value is -3.02. The zero-order valence-electron chi connectivity index (χ0n) is 14.0. The van der Waals surface area contributed by atoms with Crippen LogP contribution in [0.5, 0.6) is 11.5 Å². The highest BCUT2D eigenvalue weighted by Gasteiger charge is 2.26. The number of benzene rings is 2. The second-order valence-electron chi connectivity index (χ2n) is 6.69. The third kappa shape index (κ3) is 2.41. The molecule has 5 nitrogen and oxygen atoms in total. The number of ether oxygens (including phenoxy) is 2. The zero-order valence-corrected chi connectivity index (χ0v) is 14.0. The van der Waals surface area contributed by atoms with Crippen molar-refractivity contribution in [3.8, 4) is 11.5 Å². The van der Waals surface area contributed by atoms with E-state index in [1.807, 2.05) is 0 Å². The maximum atomic E-state index is 13.6. The summed E-state index contributed by atoms with van der Waals surface area (Å²) in [4.78, 5) is 16.1. The van der Waals surface area contributed by atoms with Gasteiger partial charge in [0.15, 0.2) is 11.5 Å². The molecule has 1 aromatic heterocycles. The first-order valence-electron chi connectivity index (χ1n) is 8.69. The minimum Gasteiger partial charge on any atom is -0.454 e. The number of aryl methyl sites for hydroxylation is 1. The van der Waals surface area contributed by atoms with E-state index >= 15 is 0 Å². The number of carbonyl (C=O) groups is 1. The predicted octanol–water partition coefficient (Wildman–Crippen LogP) is 3.84. The Balaban J connectivity index is 1.45. The molecule has 2 aromatic carbocycles. The molecule has 0 saturated carbocycles. The average Bonchev–Trinajstić information content (AvgIpc) is 3.25. The number of hydrogen-bond acceptors (Lipinski definition) is 3. The van der Waals surface area contributed by atoms with Crippen molar-refractivity contribution in [2.45, 2.75) is 25.3 Å². The van der Waals surface area contributed by atoms with E-state index in [4.69, 9.17) is 9.47 Å². The molecule has 2 heterocycles. The summed E-state index contributed by atoms with van der Waals surface area (Å²) < 4.78 is 24.2. The summed E-state index contributed by atoms with van der Waals surface area (Å²) in [5.74, 6) is 0.832. The molecular formula is C20H17FN2O3. The molecular weight excluding hydrogens is 335 g/mol. The fraction of sp³-hybridized carbons (Fsp3) is 0.250. The van der Waals surface area contributed by atoms with E-state index in [0.717, 1.165) is 41.4 Å². The molecule has 0 fully saturated rings. The van der Waals surface area contributed by atoms with Gasteiger partial charge in [-0.1, -0.05) is 0 Å². The Morgan fingerprint density at radius 2 is 2.04 bits per heavy atom. The monoisotopic (exact) mass is 352 g/mol. The van der Waals surface area contributed by atoms with Crippen molar-refractivity contribution in [3.05, 3.63) is 59.0 Å². The van der Waals surface area contributed by atoms with Gasteiger partial charge in [0.05, 0.1) is 6.04 Å². The van der Waals surface area contributed by atoms with Crippen molar-refractivity contribution < 1.29 is 18.7 Å². The minimum absolute atomic E-state index is 0.118. The Kier molecular flexibility index (Phi) is 3.38. The smallest absolute Gasteiger partial charge is 0.251 e. The van der Waals surface area contributed by atoms with Gasteiger partial charge in [0.25, 0.3) is 5.91 Å². The number of halogens is 1. The zero-order chi connectivity index (χ0) is 17.7. The van der Waals surface area contributed by atoms with E-state index in [9.17, 15) is 9.18 Å². The molecule has 1 aliphatic heterocycles. The van der Waals surface area contributed by atoms with E-state index in [1.54, 1.807) is 30.3 Å². The van der Waals surface area contributed by atoms with E-state index in [1.165, 1.54) is 6.07 Å². The summed E-state index contributed by atoms with van der Waals surface area (Å²) >= 11 is 0. The molecule has 2 N–H and O–H groups in total. The van der Waals surface area contributed by atoms with Crippen LogP contribution in [-0.4, -0.2) is 17.7 Å². The topological polar surface area (TPSA) is 63.4 Å². The molecule has 6 heteroatoms. The standard InChI is InChI=1S/C20H17FN2O3/c21-12-5-6-15-14(9-12)13-2-1-3-16(19(13)22-15)23-20(24)11-4-7-17-18(8-11)26-10-25-17/h4-9,16,22H,1-3,10H2,(H,23,24)/t16-/m0/s1. The molecule has 1 atom stereocenters. The molecule has 0 spiro atoms. The number of nitrogens with one attached hydrogen (secondary N) is 2. The molecule has 1 amide bonds. The van der Waals surface area contributed by atoms with Crippen LogP contribution >= 0.6 is 0 Å². The second-order valence-corrected chi connectivity index (χ2v) is 6.69. The lowest BCUT2D eigenvalue weighted by Gasteiger charge is -2.24. The van der Waals surface area contributed by atoms with Crippen molar-refractivity contribution in [2.75, 3.05) is 6.79 Å². The lowest BCUT2D eigenvalue weighted by atomic mass is 9.91. The Morgan fingerprint density at radius 1 is 1.15 bits per heavy atom. The molecule has 0 saturated heterocycles. The van der Waals surface area contributed by atoms with E-state index < -0.39 is 0 Å². The van der Waals surface area contributed by atoms with Gasteiger partial charge in [-0.05, 0) is 61.2 Å². The maximum Gasteiger partial charge on any atom is 0.251 e. The third-order valence-electron chi connectivity index (χ3n) is 5.11. The quantitative estimate of drug-likeness (QED) is 0.736. The van der Waals surface area contributed by atoms with E-state index in [0.29, 0.717) is 17.1 Å². The first-order valence-corrected chi connectivity index (χ1v) is 8.69. The van der Waals surface area contributed by atoms with Crippen LogP contribution in [0.4, 0.5) is 4.39 Å². The number of rotatable bonds is 2. The Morgan fingerprint density at radius 3 is 2.96 bits per heavy atom. The van der Waals surface area contributed by atoms with Crippen molar-refractivity contribution in [2.24, 2.45) is 0 Å². The van der Waals surface area contributed by atoms with Crippen LogP contribution in [0.3, 0.4) is 0 Å². The van der Waals surface area contributed by atoms with Gasteiger partial charge >= 0.3 is 0 Å². The molecule has 1 aliphatic carbocycles. The van der Waals surface area contributed by atoms with Gasteiger partial charge in [0, 0.05) is 22.2 Å². The summed E-state index contributed by atoms with van der Waals surface area (Å²) in [7, 11) is 0. The van der Waals surface area contributed by atoms with Gasteiger partial charge in [-0.3, -0.25) is 4.79 Å². The van der Waals surface area contributed by atoms with Gasteiger partial charge in [-0.15, -0.1) is 0 Å². The molecule has 26 heavy (non-hydrogen) atoms.